The van der Waals surface area contributed by atoms with Gasteiger partial charge in [-0.2, -0.15) is 0 Å². The van der Waals surface area contributed by atoms with E-state index in [0.717, 1.165) is 35.3 Å². The molecule has 0 radical (unpaired) electrons. The summed E-state index contributed by atoms with van der Waals surface area (Å²) in [7, 11) is 0. The predicted molar refractivity (Wildman–Crippen MR) is 88.2 cm³/mol. The second kappa shape index (κ2) is 5.58. The molecule has 3 heteroatoms. The summed E-state index contributed by atoms with van der Waals surface area (Å²) in [6.07, 6.45) is 1.13. The highest BCUT2D eigenvalue weighted by atomic mass is 79.9. The monoisotopic (exact) mass is 331 g/mol. The van der Waals surface area contributed by atoms with E-state index < -0.39 is 0 Å². The highest BCUT2D eigenvalue weighted by Crippen LogP contribution is 2.36. The van der Waals surface area contributed by atoms with Crippen molar-refractivity contribution >= 4 is 37.7 Å². The van der Waals surface area contributed by atoms with Gasteiger partial charge in [-0.3, -0.25) is 0 Å². The van der Waals surface area contributed by atoms with Crippen LogP contribution in [0.1, 0.15) is 24.7 Å². The van der Waals surface area contributed by atoms with Crippen LogP contribution in [-0.2, 0) is 6.54 Å². The van der Waals surface area contributed by atoms with Gasteiger partial charge in [0.15, 0.2) is 0 Å². The zero-order chi connectivity index (χ0) is 14.1. The lowest BCUT2D eigenvalue weighted by molar-refractivity contribution is 0.509. The molecule has 0 aliphatic carbocycles. The van der Waals surface area contributed by atoms with Gasteiger partial charge in [0.05, 0.1) is 11.0 Å². The minimum Gasteiger partial charge on any atom is -0.458 e. The van der Waals surface area contributed by atoms with Crippen molar-refractivity contribution in [3.63, 3.8) is 0 Å². The van der Waals surface area contributed by atoms with E-state index in [4.69, 9.17) is 4.42 Å². The van der Waals surface area contributed by atoms with Crippen molar-refractivity contribution in [1.29, 1.82) is 0 Å². The molecule has 0 atom stereocenters. The molecule has 0 spiro atoms. The minimum absolute atomic E-state index is 0.789. The van der Waals surface area contributed by atoms with Gasteiger partial charge in [0.2, 0.25) is 0 Å². The van der Waals surface area contributed by atoms with Crippen LogP contribution in [0, 0.1) is 6.92 Å². The van der Waals surface area contributed by atoms with Crippen LogP contribution in [-0.4, -0.2) is 6.54 Å². The fourth-order valence-corrected chi connectivity index (χ4v) is 3.22. The Morgan fingerprint density at radius 3 is 2.80 bits per heavy atom. The van der Waals surface area contributed by atoms with Crippen LogP contribution in [0.25, 0.3) is 21.7 Å². The molecule has 2 nitrogen and oxygen atoms in total. The molecule has 3 rings (SSSR count). The summed E-state index contributed by atoms with van der Waals surface area (Å²) in [4.78, 5) is 0. The van der Waals surface area contributed by atoms with Gasteiger partial charge in [-0.1, -0.05) is 31.2 Å². The first kappa shape index (κ1) is 13.7. The Kier molecular flexibility index (Phi) is 3.81. The molecule has 0 saturated heterocycles. The van der Waals surface area contributed by atoms with Crippen molar-refractivity contribution in [2.45, 2.75) is 26.8 Å². The quantitative estimate of drug-likeness (QED) is 0.668. The van der Waals surface area contributed by atoms with E-state index in [1.165, 1.54) is 21.7 Å². The molecule has 2 aromatic carbocycles. The van der Waals surface area contributed by atoms with Gasteiger partial charge in [-0.05, 0) is 58.2 Å². The van der Waals surface area contributed by atoms with E-state index in [2.05, 4.69) is 65.4 Å². The fourth-order valence-electron chi connectivity index (χ4n) is 2.56. The molecule has 0 amide bonds. The SMILES string of the molecule is CCCNCc1oc2c(Br)c3ccccc3cc2c1C. The van der Waals surface area contributed by atoms with Crippen molar-refractivity contribution in [2.75, 3.05) is 6.54 Å². The van der Waals surface area contributed by atoms with Gasteiger partial charge in [-0.25, -0.2) is 0 Å². The molecule has 0 saturated carbocycles. The molecule has 0 aliphatic heterocycles. The number of benzene rings is 2. The first-order chi connectivity index (χ1) is 9.72. The number of hydrogen-bond acceptors (Lipinski definition) is 2. The second-order valence-corrected chi connectivity index (χ2v) is 5.91. The molecule has 0 bridgehead atoms. The largest absolute Gasteiger partial charge is 0.458 e. The molecule has 1 N–H and O–H groups in total. The summed E-state index contributed by atoms with van der Waals surface area (Å²) in [5.41, 5.74) is 2.18. The van der Waals surface area contributed by atoms with Crippen LogP contribution < -0.4 is 5.32 Å². The summed E-state index contributed by atoms with van der Waals surface area (Å²) in [5.74, 6) is 1.03. The van der Waals surface area contributed by atoms with E-state index in [9.17, 15) is 0 Å². The number of hydrogen-bond donors (Lipinski definition) is 1. The van der Waals surface area contributed by atoms with E-state index >= 15 is 0 Å². The normalized spacial score (nSPS) is 11.6. The second-order valence-electron chi connectivity index (χ2n) is 5.12. The van der Waals surface area contributed by atoms with Crippen molar-refractivity contribution in [1.82, 2.24) is 5.32 Å². The molecule has 1 heterocycles. The Hall–Kier alpha value is -1.32. The highest BCUT2D eigenvalue weighted by Gasteiger charge is 2.14. The van der Waals surface area contributed by atoms with Crippen LogP contribution >= 0.6 is 15.9 Å². The van der Waals surface area contributed by atoms with Crippen LogP contribution in [0.2, 0.25) is 0 Å². The zero-order valence-electron chi connectivity index (χ0n) is 11.8. The lowest BCUT2D eigenvalue weighted by Gasteiger charge is -2.01. The third-order valence-corrected chi connectivity index (χ3v) is 4.49. The topological polar surface area (TPSA) is 25.2 Å². The molecule has 0 aliphatic rings. The maximum Gasteiger partial charge on any atom is 0.149 e. The summed E-state index contributed by atoms with van der Waals surface area (Å²) in [6, 6.07) is 10.6. The Morgan fingerprint density at radius 1 is 1.20 bits per heavy atom. The molecule has 0 fully saturated rings. The Balaban J connectivity index is 2.15. The van der Waals surface area contributed by atoms with Gasteiger partial charge in [0.1, 0.15) is 11.3 Å². The fraction of sp³-hybridized carbons (Fsp3) is 0.294. The highest BCUT2D eigenvalue weighted by molar-refractivity contribution is 9.10. The smallest absolute Gasteiger partial charge is 0.149 e. The van der Waals surface area contributed by atoms with Crippen LogP contribution in [0.5, 0.6) is 0 Å². The van der Waals surface area contributed by atoms with Crippen LogP contribution in [0.3, 0.4) is 0 Å². The zero-order valence-corrected chi connectivity index (χ0v) is 13.4. The Morgan fingerprint density at radius 2 is 2.00 bits per heavy atom. The van der Waals surface area contributed by atoms with Crippen molar-refractivity contribution in [3.8, 4) is 0 Å². The summed E-state index contributed by atoms with van der Waals surface area (Å²) in [5, 5.41) is 7.04. The third-order valence-electron chi connectivity index (χ3n) is 3.70. The van der Waals surface area contributed by atoms with E-state index in [-0.39, 0.29) is 0 Å². The first-order valence-electron chi connectivity index (χ1n) is 7.02. The molecular weight excluding hydrogens is 314 g/mol. The molecule has 3 aromatic rings. The third kappa shape index (κ3) is 2.25. The lowest BCUT2D eigenvalue weighted by atomic mass is 10.1. The van der Waals surface area contributed by atoms with Crippen LogP contribution in [0.15, 0.2) is 39.2 Å². The van der Waals surface area contributed by atoms with Gasteiger partial charge >= 0.3 is 0 Å². The summed E-state index contributed by atoms with van der Waals surface area (Å²) >= 11 is 3.70. The average molecular weight is 332 g/mol. The minimum atomic E-state index is 0.789. The number of nitrogens with one attached hydrogen (secondary N) is 1. The molecule has 20 heavy (non-hydrogen) atoms. The maximum absolute atomic E-state index is 6.07. The average Bonchev–Trinajstić information content (AvgIpc) is 2.77. The molecular formula is C17H18BrNO. The number of furan rings is 1. The maximum atomic E-state index is 6.07. The van der Waals surface area contributed by atoms with E-state index in [1.54, 1.807) is 0 Å². The summed E-state index contributed by atoms with van der Waals surface area (Å²) in [6.45, 7) is 6.11. The number of aryl methyl sites for hydroxylation is 1. The number of fused-ring (bicyclic) bond motifs is 2. The van der Waals surface area contributed by atoms with Crippen molar-refractivity contribution < 1.29 is 4.42 Å². The summed E-state index contributed by atoms with van der Waals surface area (Å²) < 4.78 is 7.13. The van der Waals surface area contributed by atoms with Crippen molar-refractivity contribution in [3.05, 3.63) is 46.1 Å². The van der Waals surface area contributed by atoms with Crippen molar-refractivity contribution in [2.24, 2.45) is 0 Å². The van der Waals surface area contributed by atoms with Gasteiger partial charge in [0.25, 0.3) is 0 Å². The predicted octanol–water partition coefficient (Wildman–Crippen LogP) is 5.16. The number of halogens is 1. The number of rotatable bonds is 4. The van der Waals surface area contributed by atoms with E-state index in [1.807, 2.05) is 0 Å². The van der Waals surface area contributed by atoms with Crippen LogP contribution in [0.4, 0.5) is 0 Å². The molecule has 0 unspecified atom stereocenters. The lowest BCUT2D eigenvalue weighted by Crippen LogP contribution is -2.13. The Bertz CT molecular complexity index is 760. The molecule has 104 valence electrons. The van der Waals surface area contributed by atoms with E-state index in [0.29, 0.717) is 0 Å². The standard InChI is InChI=1S/C17H18BrNO/c1-3-8-19-10-15-11(2)14-9-12-6-4-5-7-13(12)16(18)17(14)20-15/h4-7,9,19H,3,8,10H2,1-2H3. The first-order valence-corrected chi connectivity index (χ1v) is 7.81. The Labute approximate surface area is 127 Å². The van der Waals surface area contributed by atoms with Gasteiger partial charge in [0, 0.05) is 5.39 Å². The van der Waals surface area contributed by atoms with Gasteiger partial charge < -0.3 is 9.73 Å². The van der Waals surface area contributed by atoms with Gasteiger partial charge in [-0.15, -0.1) is 0 Å². The molecule has 1 aromatic heterocycles.